The molecule has 0 radical (unpaired) electrons. The number of aromatic amines is 1. The Morgan fingerprint density at radius 2 is 1.85 bits per heavy atom. The summed E-state index contributed by atoms with van der Waals surface area (Å²) in [6, 6.07) is 6.03. The van der Waals surface area contributed by atoms with Crippen molar-refractivity contribution in [3.05, 3.63) is 59.2 Å². The quantitative estimate of drug-likeness (QED) is 0.552. The van der Waals surface area contributed by atoms with Gasteiger partial charge in [-0.15, -0.1) is 10.2 Å². The van der Waals surface area contributed by atoms with Crippen molar-refractivity contribution in [1.29, 1.82) is 0 Å². The van der Waals surface area contributed by atoms with E-state index in [1.54, 1.807) is 0 Å². The summed E-state index contributed by atoms with van der Waals surface area (Å²) in [5.74, 6) is -1.50. The number of fused-ring (bicyclic) bond motifs is 1. The number of H-pyrrole nitrogens is 1. The van der Waals surface area contributed by atoms with Crippen LogP contribution in [0, 0.1) is 11.6 Å². The van der Waals surface area contributed by atoms with Crippen molar-refractivity contribution in [3.63, 3.8) is 0 Å². The summed E-state index contributed by atoms with van der Waals surface area (Å²) >= 11 is 0. The van der Waals surface area contributed by atoms with Gasteiger partial charge in [-0.2, -0.15) is 23.5 Å². The average Bonchev–Trinajstić information content (AvgIpc) is 3.24. The molecule has 138 valence electrons. The minimum Gasteiger partial charge on any atom is -0.260 e. The highest BCUT2D eigenvalue weighted by atomic mass is 19.4. The zero-order valence-electron chi connectivity index (χ0n) is 13.3. The first-order valence-electron chi connectivity index (χ1n) is 7.58. The average molecular weight is 380 g/mol. The van der Waals surface area contributed by atoms with E-state index in [0.717, 1.165) is 18.2 Å². The summed E-state index contributed by atoms with van der Waals surface area (Å²) in [6.07, 6.45) is -4.56. The highest BCUT2D eigenvalue weighted by molar-refractivity contribution is 5.92. The molecule has 0 aliphatic rings. The number of halogens is 5. The Kier molecular flexibility index (Phi) is 3.86. The van der Waals surface area contributed by atoms with Crippen molar-refractivity contribution in [1.82, 2.24) is 30.4 Å². The Balaban J connectivity index is 1.89. The van der Waals surface area contributed by atoms with Crippen molar-refractivity contribution in [2.24, 2.45) is 0 Å². The molecule has 0 aliphatic carbocycles. The molecule has 0 unspecified atom stereocenters. The lowest BCUT2D eigenvalue weighted by atomic mass is 10.1. The van der Waals surface area contributed by atoms with Gasteiger partial charge in [-0.3, -0.25) is 4.68 Å². The number of rotatable bonds is 3. The summed E-state index contributed by atoms with van der Waals surface area (Å²) in [6.45, 7) is -0.207. The SMILES string of the molecule is Fc1ccc(Cn2nc(-c3nn[nH]n3)c3ccc(C(F)(F)F)cc32)c(F)c1. The summed E-state index contributed by atoms with van der Waals surface area (Å²) in [5, 5.41) is 17.8. The van der Waals surface area contributed by atoms with E-state index in [1.165, 1.54) is 16.8 Å². The normalized spacial score (nSPS) is 12.0. The first-order valence-corrected chi connectivity index (χ1v) is 7.58. The number of nitrogens with one attached hydrogen (secondary N) is 1. The maximum Gasteiger partial charge on any atom is 0.416 e. The van der Waals surface area contributed by atoms with Crippen LogP contribution < -0.4 is 0 Å². The van der Waals surface area contributed by atoms with E-state index < -0.39 is 23.4 Å². The summed E-state index contributed by atoms with van der Waals surface area (Å²) in [7, 11) is 0. The first kappa shape index (κ1) is 17.1. The molecule has 0 atom stereocenters. The fourth-order valence-corrected chi connectivity index (χ4v) is 2.71. The Bertz CT molecular complexity index is 1120. The van der Waals surface area contributed by atoms with Gasteiger partial charge in [0, 0.05) is 17.0 Å². The van der Waals surface area contributed by atoms with Gasteiger partial charge < -0.3 is 0 Å². The molecule has 0 amide bonds. The number of tetrazole rings is 1. The molecule has 2 aromatic carbocycles. The molecule has 0 spiro atoms. The molecule has 2 aromatic heterocycles. The summed E-state index contributed by atoms with van der Waals surface area (Å²) < 4.78 is 67.5. The molecule has 0 fully saturated rings. The van der Waals surface area contributed by atoms with Gasteiger partial charge in [0.25, 0.3) is 0 Å². The highest BCUT2D eigenvalue weighted by Crippen LogP contribution is 2.34. The van der Waals surface area contributed by atoms with Crippen LogP contribution in [0.4, 0.5) is 22.0 Å². The largest absolute Gasteiger partial charge is 0.416 e. The van der Waals surface area contributed by atoms with Crippen molar-refractivity contribution in [3.8, 4) is 11.5 Å². The maximum absolute atomic E-state index is 14.0. The first-order chi connectivity index (χ1) is 12.8. The summed E-state index contributed by atoms with van der Waals surface area (Å²) in [4.78, 5) is 0. The fraction of sp³-hybridized carbons (Fsp3) is 0.125. The number of hydrogen-bond donors (Lipinski definition) is 1. The van der Waals surface area contributed by atoms with Crippen molar-refractivity contribution >= 4 is 10.9 Å². The van der Waals surface area contributed by atoms with Gasteiger partial charge in [-0.25, -0.2) is 8.78 Å². The van der Waals surface area contributed by atoms with Crippen molar-refractivity contribution in [2.45, 2.75) is 12.7 Å². The highest BCUT2D eigenvalue weighted by Gasteiger charge is 2.31. The van der Waals surface area contributed by atoms with E-state index in [4.69, 9.17) is 0 Å². The second-order valence-electron chi connectivity index (χ2n) is 5.71. The lowest BCUT2D eigenvalue weighted by molar-refractivity contribution is -0.137. The molecular formula is C16H9F5N6. The van der Waals surface area contributed by atoms with Crippen LogP contribution in [0.3, 0.4) is 0 Å². The number of benzene rings is 2. The van der Waals surface area contributed by atoms with E-state index >= 15 is 0 Å². The third kappa shape index (κ3) is 3.11. The molecule has 27 heavy (non-hydrogen) atoms. The zero-order valence-corrected chi connectivity index (χ0v) is 13.3. The van der Waals surface area contributed by atoms with E-state index in [0.29, 0.717) is 11.5 Å². The fourth-order valence-electron chi connectivity index (χ4n) is 2.71. The van der Waals surface area contributed by atoms with Crippen LogP contribution in [-0.4, -0.2) is 30.4 Å². The topological polar surface area (TPSA) is 72.3 Å². The molecule has 4 aromatic rings. The second-order valence-corrected chi connectivity index (χ2v) is 5.71. The van der Waals surface area contributed by atoms with Crippen LogP contribution in [0.5, 0.6) is 0 Å². The van der Waals surface area contributed by atoms with Crippen LogP contribution in [0.2, 0.25) is 0 Å². The standard InChI is InChI=1S/C16H9F5N6/c17-10-3-1-8(12(18)6-10)7-27-13-5-9(16(19,20)21)2-4-11(13)14(24-27)15-22-25-26-23-15/h1-6H,7H2,(H,22,23,25,26). The number of hydrogen-bond acceptors (Lipinski definition) is 4. The molecule has 2 heterocycles. The molecule has 0 bridgehead atoms. The maximum atomic E-state index is 14.0. The van der Waals surface area contributed by atoms with Gasteiger partial charge >= 0.3 is 6.18 Å². The van der Waals surface area contributed by atoms with Crippen LogP contribution in [-0.2, 0) is 12.7 Å². The van der Waals surface area contributed by atoms with Crippen LogP contribution >= 0.6 is 0 Å². The van der Waals surface area contributed by atoms with E-state index in [1.807, 2.05) is 0 Å². The molecule has 6 nitrogen and oxygen atoms in total. The lowest BCUT2D eigenvalue weighted by Gasteiger charge is -2.08. The predicted molar refractivity (Wildman–Crippen MR) is 83.4 cm³/mol. The molecule has 0 saturated heterocycles. The minimum atomic E-state index is -4.56. The predicted octanol–water partition coefficient (Wildman–Crippen LogP) is 3.56. The number of aromatic nitrogens is 6. The third-order valence-corrected chi connectivity index (χ3v) is 3.97. The summed E-state index contributed by atoms with van der Waals surface area (Å²) in [5.41, 5.74) is -0.517. The zero-order chi connectivity index (χ0) is 19.2. The van der Waals surface area contributed by atoms with Gasteiger partial charge in [0.2, 0.25) is 5.82 Å². The molecule has 11 heteroatoms. The molecule has 1 N–H and O–H groups in total. The second kappa shape index (κ2) is 6.11. The number of nitrogens with zero attached hydrogens (tertiary/aromatic N) is 5. The Hall–Kier alpha value is -3.37. The molecular weight excluding hydrogens is 371 g/mol. The van der Waals surface area contributed by atoms with Crippen molar-refractivity contribution in [2.75, 3.05) is 0 Å². The van der Waals surface area contributed by atoms with Gasteiger partial charge in [-0.1, -0.05) is 6.07 Å². The Morgan fingerprint density at radius 1 is 1.04 bits per heavy atom. The molecule has 0 saturated carbocycles. The molecule has 4 rings (SSSR count). The van der Waals surface area contributed by atoms with Crippen LogP contribution in [0.15, 0.2) is 36.4 Å². The van der Waals surface area contributed by atoms with Gasteiger partial charge in [0.05, 0.1) is 17.6 Å². The van der Waals surface area contributed by atoms with Gasteiger partial charge in [0.1, 0.15) is 17.3 Å². The van der Waals surface area contributed by atoms with Gasteiger partial charge in [0.15, 0.2) is 0 Å². The minimum absolute atomic E-state index is 0.0675. The Morgan fingerprint density at radius 3 is 2.52 bits per heavy atom. The van der Waals surface area contributed by atoms with E-state index in [2.05, 4.69) is 25.7 Å². The van der Waals surface area contributed by atoms with Gasteiger partial charge in [-0.05, 0) is 29.5 Å². The van der Waals surface area contributed by atoms with E-state index in [9.17, 15) is 22.0 Å². The number of alkyl halides is 3. The third-order valence-electron chi connectivity index (χ3n) is 3.97. The Labute approximate surface area is 147 Å². The van der Waals surface area contributed by atoms with Crippen LogP contribution in [0.25, 0.3) is 22.4 Å². The monoisotopic (exact) mass is 380 g/mol. The molecule has 0 aliphatic heterocycles. The smallest absolute Gasteiger partial charge is 0.260 e. The van der Waals surface area contributed by atoms with E-state index in [-0.39, 0.29) is 29.1 Å². The van der Waals surface area contributed by atoms with Crippen LogP contribution in [0.1, 0.15) is 11.1 Å². The van der Waals surface area contributed by atoms with Crippen molar-refractivity contribution < 1.29 is 22.0 Å². The lowest BCUT2D eigenvalue weighted by Crippen LogP contribution is -2.07.